The van der Waals surface area contributed by atoms with Crippen molar-refractivity contribution in [3.05, 3.63) is 132 Å². The average Bonchev–Trinajstić information content (AvgIpc) is 3.61. The molecule has 0 spiro atoms. The SMILES string of the molecule is N#Cc1cc(C#N)cc(-c2c(-c3ccc4sc5ccccc5c4c3)cccc2-c2ccc3sc4ccccc4c3c2)c1. The Labute approximate surface area is 250 Å². The van der Waals surface area contributed by atoms with Gasteiger partial charge in [-0.3, -0.25) is 0 Å². The minimum Gasteiger partial charge on any atom is -0.192 e. The molecule has 0 aliphatic carbocycles. The molecule has 0 radical (unpaired) electrons. The van der Waals surface area contributed by atoms with Crippen molar-refractivity contribution in [2.75, 3.05) is 0 Å². The third kappa shape index (κ3) is 3.90. The second-order valence-corrected chi connectivity index (χ2v) is 12.5. The highest BCUT2D eigenvalue weighted by Crippen LogP contribution is 2.44. The maximum atomic E-state index is 9.84. The number of benzene rings is 6. The molecule has 0 saturated heterocycles. The van der Waals surface area contributed by atoms with Gasteiger partial charge in [0.25, 0.3) is 0 Å². The second-order valence-electron chi connectivity index (χ2n) is 10.4. The van der Waals surface area contributed by atoms with Gasteiger partial charge in [-0.25, -0.2) is 0 Å². The van der Waals surface area contributed by atoms with Gasteiger partial charge in [0.1, 0.15) is 0 Å². The Morgan fingerprint density at radius 1 is 0.405 bits per heavy atom. The molecule has 42 heavy (non-hydrogen) atoms. The molecule has 0 unspecified atom stereocenters. The van der Waals surface area contributed by atoms with Gasteiger partial charge >= 0.3 is 0 Å². The van der Waals surface area contributed by atoms with E-state index in [9.17, 15) is 10.5 Å². The third-order valence-corrected chi connectivity index (χ3v) is 10.2. The van der Waals surface area contributed by atoms with Gasteiger partial charge in [-0.2, -0.15) is 10.5 Å². The minimum absolute atomic E-state index is 0.475. The van der Waals surface area contributed by atoms with E-state index in [4.69, 9.17) is 0 Å². The molecule has 2 nitrogen and oxygen atoms in total. The fourth-order valence-electron chi connectivity index (χ4n) is 6.03. The molecule has 0 N–H and O–H groups in total. The quantitative estimate of drug-likeness (QED) is 0.213. The van der Waals surface area contributed by atoms with Crippen LogP contribution in [-0.2, 0) is 0 Å². The lowest BCUT2D eigenvalue weighted by Gasteiger charge is -2.17. The molecule has 0 atom stereocenters. The van der Waals surface area contributed by atoms with E-state index in [1.165, 1.54) is 40.3 Å². The third-order valence-electron chi connectivity index (χ3n) is 7.92. The van der Waals surface area contributed by atoms with Crippen molar-refractivity contribution in [1.82, 2.24) is 0 Å². The number of thiophene rings is 2. The summed E-state index contributed by atoms with van der Waals surface area (Å²) in [5.41, 5.74) is 7.17. The maximum absolute atomic E-state index is 9.84. The van der Waals surface area contributed by atoms with E-state index in [0.717, 1.165) is 33.4 Å². The molecule has 8 rings (SSSR count). The summed E-state index contributed by atoms with van der Waals surface area (Å²) >= 11 is 3.62. The Morgan fingerprint density at radius 3 is 1.38 bits per heavy atom. The number of nitrogens with zero attached hydrogens (tertiary/aromatic N) is 2. The number of hydrogen-bond donors (Lipinski definition) is 0. The zero-order chi connectivity index (χ0) is 28.2. The molecule has 0 saturated carbocycles. The Bertz CT molecular complexity index is 2280. The van der Waals surface area contributed by atoms with Gasteiger partial charge in [0.05, 0.1) is 23.3 Å². The van der Waals surface area contributed by atoms with E-state index in [1.54, 1.807) is 6.07 Å². The van der Waals surface area contributed by atoms with Crippen LogP contribution in [0.15, 0.2) is 121 Å². The monoisotopic (exact) mass is 568 g/mol. The maximum Gasteiger partial charge on any atom is 0.0992 e. The highest BCUT2D eigenvalue weighted by atomic mass is 32.1. The van der Waals surface area contributed by atoms with Crippen LogP contribution < -0.4 is 0 Å². The average molecular weight is 569 g/mol. The van der Waals surface area contributed by atoms with Crippen LogP contribution in [0.5, 0.6) is 0 Å². The fourth-order valence-corrected chi connectivity index (χ4v) is 8.21. The topological polar surface area (TPSA) is 47.6 Å². The lowest BCUT2D eigenvalue weighted by Crippen LogP contribution is -1.92. The van der Waals surface area contributed by atoms with Gasteiger partial charge in [0, 0.05) is 40.3 Å². The van der Waals surface area contributed by atoms with Crippen LogP contribution in [-0.4, -0.2) is 0 Å². The predicted molar refractivity (Wildman–Crippen MR) is 178 cm³/mol. The first-order valence-corrected chi connectivity index (χ1v) is 15.3. The summed E-state index contributed by atoms with van der Waals surface area (Å²) < 4.78 is 5.06. The van der Waals surface area contributed by atoms with E-state index in [-0.39, 0.29) is 0 Å². The van der Waals surface area contributed by atoms with Crippen LogP contribution in [0, 0.1) is 22.7 Å². The lowest BCUT2D eigenvalue weighted by molar-refractivity contribution is 1.44. The van der Waals surface area contributed by atoms with E-state index >= 15 is 0 Å². The zero-order valence-corrected chi connectivity index (χ0v) is 23.9. The standard InChI is InChI=1S/C38H20N2S2/c39-21-23-16-24(22-40)18-27(17-23)38-28(25-12-14-36-32(19-25)30-6-1-3-10-34(30)41-36)8-5-9-29(38)26-13-15-37-33(20-26)31-7-2-4-11-35(31)42-37/h1-20H. The molecule has 0 fully saturated rings. The van der Waals surface area contributed by atoms with Gasteiger partial charge in [0.15, 0.2) is 0 Å². The van der Waals surface area contributed by atoms with Gasteiger partial charge in [-0.15, -0.1) is 22.7 Å². The molecular formula is C38H20N2S2. The summed E-state index contributed by atoms with van der Waals surface area (Å²) in [6.07, 6.45) is 0. The molecule has 4 heteroatoms. The second kappa shape index (κ2) is 9.68. The van der Waals surface area contributed by atoms with Crippen molar-refractivity contribution in [1.29, 1.82) is 10.5 Å². The Balaban J connectivity index is 1.43. The highest BCUT2D eigenvalue weighted by molar-refractivity contribution is 7.26. The van der Waals surface area contributed by atoms with Crippen LogP contribution in [0.25, 0.3) is 73.7 Å². The van der Waals surface area contributed by atoms with Crippen LogP contribution in [0.1, 0.15) is 11.1 Å². The Morgan fingerprint density at radius 2 is 0.881 bits per heavy atom. The van der Waals surface area contributed by atoms with E-state index in [1.807, 2.05) is 34.8 Å². The lowest BCUT2D eigenvalue weighted by atomic mass is 9.86. The molecule has 0 aliphatic rings. The summed E-state index contributed by atoms with van der Waals surface area (Å²) in [6.45, 7) is 0. The Hall–Kier alpha value is -5.26. The summed E-state index contributed by atoms with van der Waals surface area (Å²) in [5, 5.41) is 24.7. The highest BCUT2D eigenvalue weighted by Gasteiger charge is 2.18. The van der Waals surface area contributed by atoms with Crippen LogP contribution >= 0.6 is 22.7 Å². The fraction of sp³-hybridized carbons (Fsp3) is 0. The van der Waals surface area contributed by atoms with Gasteiger partial charge in [0.2, 0.25) is 0 Å². The molecule has 194 valence electrons. The summed E-state index contributed by atoms with van der Waals surface area (Å²) in [5.74, 6) is 0. The number of hydrogen-bond acceptors (Lipinski definition) is 4. The molecule has 0 amide bonds. The number of fused-ring (bicyclic) bond motifs is 6. The van der Waals surface area contributed by atoms with E-state index in [0.29, 0.717) is 11.1 Å². The molecule has 0 aliphatic heterocycles. The molecular weight excluding hydrogens is 549 g/mol. The smallest absolute Gasteiger partial charge is 0.0992 e. The molecule has 2 heterocycles. The van der Waals surface area contributed by atoms with Gasteiger partial charge in [-0.05, 0) is 88.0 Å². The van der Waals surface area contributed by atoms with Crippen molar-refractivity contribution < 1.29 is 0 Å². The first-order valence-electron chi connectivity index (χ1n) is 13.6. The minimum atomic E-state index is 0.475. The van der Waals surface area contributed by atoms with Crippen LogP contribution in [0.3, 0.4) is 0 Å². The van der Waals surface area contributed by atoms with Crippen molar-refractivity contribution in [2.45, 2.75) is 0 Å². The molecule has 6 aromatic carbocycles. The largest absolute Gasteiger partial charge is 0.192 e. The summed E-state index contributed by atoms with van der Waals surface area (Å²) in [6, 6.07) is 46.8. The van der Waals surface area contributed by atoms with Crippen molar-refractivity contribution in [2.24, 2.45) is 0 Å². The van der Waals surface area contributed by atoms with E-state index < -0.39 is 0 Å². The Kier molecular flexibility index (Phi) is 5.66. The number of rotatable bonds is 3. The number of nitriles is 2. The molecule has 2 aromatic heterocycles. The van der Waals surface area contributed by atoms with Gasteiger partial charge < -0.3 is 0 Å². The summed E-state index contributed by atoms with van der Waals surface area (Å²) in [7, 11) is 0. The summed E-state index contributed by atoms with van der Waals surface area (Å²) in [4.78, 5) is 0. The van der Waals surface area contributed by atoms with Crippen LogP contribution in [0.2, 0.25) is 0 Å². The predicted octanol–water partition coefficient (Wildman–Crippen LogP) is 11.2. The van der Waals surface area contributed by atoms with E-state index in [2.05, 4.69) is 115 Å². The van der Waals surface area contributed by atoms with Gasteiger partial charge in [-0.1, -0.05) is 66.7 Å². The molecule has 0 bridgehead atoms. The zero-order valence-electron chi connectivity index (χ0n) is 22.3. The van der Waals surface area contributed by atoms with Crippen molar-refractivity contribution in [3.63, 3.8) is 0 Å². The molecule has 8 aromatic rings. The van der Waals surface area contributed by atoms with Crippen LogP contribution in [0.4, 0.5) is 0 Å². The van der Waals surface area contributed by atoms with Crippen molar-refractivity contribution >= 4 is 63.0 Å². The normalized spacial score (nSPS) is 11.3. The van der Waals surface area contributed by atoms with Crippen molar-refractivity contribution in [3.8, 4) is 45.5 Å². The first-order chi connectivity index (χ1) is 20.7. The first kappa shape index (κ1) is 24.5.